The van der Waals surface area contributed by atoms with Crippen LogP contribution in [0.25, 0.3) is 11.4 Å². The molecule has 0 saturated heterocycles. The Bertz CT molecular complexity index is 598. The third kappa shape index (κ3) is 2.09. The average Bonchev–Trinajstić information content (AvgIpc) is 3.17. The molecule has 0 aliphatic heterocycles. The van der Waals surface area contributed by atoms with Gasteiger partial charge in [-0.3, -0.25) is 4.68 Å². The molecule has 1 aliphatic carbocycles. The van der Waals surface area contributed by atoms with Crippen molar-refractivity contribution in [1.29, 1.82) is 0 Å². The molecule has 19 heavy (non-hydrogen) atoms. The first-order chi connectivity index (χ1) is 9.24. The van der Waals surface area contributed by atoms with Crippen LogP contribution in [-0.4, -0.2) is 26.8 Å². The van der Waals surface area contributed by atoms with Crippen molar-refractivity contribution in [2.75, 3.05) is 12.4 Å². The number of rotatable bonds is 4. The van der Waals surface area contributed by atoms with Crippen LogP contribution in [0.3, 0.4) is 0 Å². The summed E-state index contributed by atoms with van der Waals surface area (Å²) in [6.07, 6.45) is 4.24. The summed E-state index contributed by atoms with van der Waals surface area (Å²) in [6, 6.07) is 2.02. The fourth-order valence-corrected chi connectivity index (χ4v) is 2.34. The maximum Gasteiger partial charge on any atom is 0.134 e. The van der Waals surface area contributed by atoms with Gasteiger partial charge in [0.2, 0.25) is 0 Å². The van der Waals surface area contributed by atoms with Crippen molar-refractivity contribution in [3.8, 4) is 11.4 Å². The molecule has 2 aromatic rings. The maximum absolute atomic E-state index is 4.78. The van der Waals surface area contributed by atoms with Gasteiger partial charge in [0.05, 0.1) is 11.4 Å². The lowest BCUT2D eigenvalue weighted by Gasteiger charge is -2.13. The Morgan fingerprint density at radius 3 is 2.79 bits per heavy atom. The van der Waals surface area contributed by atoms with Crippen molar-refractivity contribution in [2.24, 2.45) is 0 Å². The van der Waals surface area contributed by atoms with Gasteiger partial charge in [-0.15, -0.1) is 0 Å². The second kappa shape index (κ2) is 4.64. The van der Waals surface area contributed by atoms with E-state index >= 15 is 0 Å². The first kappa shape index (κ1) is 12.1. The highest BCUT2D eigenvalue weighted by Crippen LogP contribution is 2.40. The SMILES string of the molecule is CCn1nccc1-c1nc(C2CC2)nc(NC)c1C. The van der Waals surface area contributed by atoms with Crippen molar-refractivity contribution in [3.63, 3.8) is 0 Å². The van der Waals surface area contributed by atoms with Crippen LogP contribution < -0.4 is 5.32 Å². The largest absolute Gasteiger partial charge is 0.373 e. The molecule has 0 aromatic carbocycles. The second-order valence-corrected chi connectivity index (χ2v) is 4.96. The summed E-state index contributed by atoms with van der Waals surface area (Å²) < 4.78 is 1.98. The average molecular weight is 257 g/mol. The third-order valence-corrected chi connectivity index (χ3v) is 3.60. The molecule has 2 aromatic heterocycles. The predicted octanol–water partition coefficient (Wildman–Crippen LogP) is 2.59. The minimum absolute atomic E-state index is 0.546. The van der Waals surface area contributed by atoms with Gasteiger partial charge in [-0.2, -0.15) is 5.10 Å². The van der Waals surface area contributed by atoms with E-state index in [0.29, 0.717) is 5.92 Å². The molecule has 0 bridgehead atoms. The molecule has 0 radical (unpaired) electrons. The van der Waals surface area contributed by atoms with Crippen molar-refractivity contribution >= 4 is 5.82 Å². The Hall–Kier alpha value is -1.91. The molecule has 0 amide bonds. The molecule has 1 aliphatic rings. The number of aryl methyl sites for hydroxylation is 1. The Labute approximate surface area is 113 Å². The topological polar surface area (TPSA) is 55.6 Å². The molecule has 3 rings (SSSR count). The van der Waals surface area contributed by atoms with Gasteiger partial charge in [-0.25, -0.2) is 9.97 Å². The van der Waals surface area contributed by atoms with E-state index in [1.807, 2.05) is 24.0 Å². The van der Waals surface area contributed by atoms with Crippen LogP contribution in [-0.2, 0) is 6.54 Å². The van der Waals surface area contributed by atoms with Crippen LogP contribution >= 0.6 is 0 Å². The molecular weight excluding hydrogens is 238 g/mol. The number of anilines is 1. The maximum atomic E-state index is 4.78. The van der Waals surface area contributed by atoms with E-state index in [2.05, 4.69) is 29.2 Å². The number of hydrogen-bond acceptors (Lipinski definition) is 4. The Morgan fingerprint density at radius 1 is 1.37 bits per heavy atom. The highest BCUT2D eigenvalue weighted by Gasteiger charge is 2.28. The monoisotopic (exact) mass is 257 g/mol. The molecule has 1 fully saturated rings. The summed E-state index contributed by atoms with van der Waals surface area (Å²) in [7, 11) is 1.91. The third-order valence-electron chi connectivity index (χ3n) is 3.60. The molecule has 100 valence electrons. The standard InChI is InChI=1S/C14H19N5/c1-4-19-11(7-8-16-19)12-9(2)13(15-3)18-14(17-12)10-5-6-10/h7-8,10H,4-6H2,1-3H3,(H,15,17,18). The van der Waals surface area contributed by atoms with Crippen molar-refractivity contribution in [1.82, 2.24) is 19.7 Å². The van der Waals surface area contributed by atoms with Crippen molar-refractivity contribution in [3.05, 3.63) is 23.7 Å². The van der Waals surface area contributed by atoms with Crippen molar-refractivity contribution < 1.29 is 0 Å². The summed E-state index contributed by atoms with van der Waals surface area (Å²) in [5.74, 6) is 2.44. The van der Waals surface area contributed by atoms with Gasteiger partial charge < -0.3 is 5.32 Å². The van der Waals surface area contributed by atoms with Gasteiger partial charge in [0.15, 0.2) is 0 Å². The molecule has 5 heteroatoms. The van der Waals surface area contributed by atoms with Gasteiger partial charge in [-0.05, 0) is 32.8 Å². The van der Waals surface area contributed by atoms with Gasteiger partial charge in [0.25, 0.3) is 0 Å². The highest BCUT2D eigenvalue weighted by molar-refractivity contribution is 5.65. The molecule has 5 nitrogen and oxygen atoms in total. The van der Waals surface area contributed by atoms with E-state index in [9.17, 15) is 0 Å². The molecule has 1 N–H and O–H groups in total. The van der Waals surface area contributed by atoms with Gasteiger partial charge in [0, 0.05) is 31.3 Å². The van der Waals surface area contributed by atoms with Crippen LogP contribution in [0, 0.1) is 6.92 Å². The lowest BCUT2D eigenvalue weighted by molar-refractivity contribution is 0.664. The number of nitrogens with zero attached hydrogens (tertiary/aromatic N) is 4. The normalized spacial score (nSPS) is 14.7. The lowest BCUT2D eigenvalue weighted by Crippen LogP contribution is -2.07. The molecule has 0 spiro atoms. The van der Waals surface area contributed by atoms with Crippen molar-refractivity contribution in [2.45, 2.75) is 39.2 Å². The summed E-state index contributed by atoms with van der Waals surface area (Å²) in [6.45, 7) is 5.00. The fraction of sp³-hybridized carbons (Fsp3) is 0.500. The van der Waals surface area contributed by atoms with Gasteiger partial charge in [-0.1, -0.05) is 0 Å². The molecular formula is C14H19N5. The van der Waals surface area contributed by atoms with E-state index in [-0.39, 0.29) is 0 Å². The second-order valence-electron chi connectivity index (χ2n) is 4.96. The number of nitrogens with one attached hydrogen (secondary N) is 1. The molecule has 2 heterocycles. The zero-order valence-corrected chi connectivity index (χ0v) is 11.6. The number of aromatic nitrogens is 4. The Balaban J connectivity index is 2.16. The summed E-state index contributed by atoms with van der Waals surface area (Å²) in [4.78, 5) is 9.41. The summed E-state index contributed by atoms with van der Waals surface area (Å²) >= 11 is 0. The van der Waals surface area contributed by atoms with Crippen LogP contribution in [0.5, 0.6) is 0 Å². The number of hydrogen-bond donors (Lipinski definition) is 1. The first-order valence-corrected chi connectivity index (χ1v) is 6.83. The zero-order chi connectivity index (χ0) is 13.4. The van der Waals surface area contributed by atoms with Gasteiger partial charge in [0.1, 0.15) is 11.6 Å². The minimum atomic E-state index is 0.546. The van der Waals surface area contributed by atoms with Crippen LogP contribution in [0.15, 0.2) is 12.3 Å². The Morgan fingerprint density at radius 2 is 2.16 bits per heavy atom. The van der Waals surface area contributed by atoms with E-state index in [4.69, 9.17) is 4.98 Å². The van der Waals surface area contributed by atoms with E-state index < -0.39 is 0 Å². The minimum Gasteiger partial charge on any atom is -0.373 e. The van der Waals surface area contributed by atoms with Crippen LogP contribution in [0.2, 0.25) is 0 Å². The smallest absolute Gasteiger partial charge is 0.134 e. The molecule has 0 atom stereocenters. The van der Waals surface area contributed by atoms with E-state index in [0.717, 1.165) is 35.1 Å². The highest BCUT2D eigenvalue weighted by atomic mass is 15.3. The zero-order valence-electron chi connectivity index (χ0n) is 11.6. The molecule has 0 unspecified atom stereocenters. The Kier molecular flexibility index (Phi) is 2.97. The van der Waals surface area contributed by atoms with Crippen LogP contribution in [0.1, 0.15) is 37.1 Å². The van der Waals surface area contributed by atoms with E-state index in [1.165, 1.54) is 12.8 Å². The fourth-order valence-electron chi connectivity index (χ4n) is 2.34. The van der Waals surface area contributed by atoms with E-state index in [1.54, 1.807) is 0 Å². The first-order valence-electron chi connectivity index (χ1n) is 6.83. The quantitative estimate of drug-likeness (QED) is 0.914. The summed E-state index contributed by atoms with van der Waals surface area (Å²) in [5, 5.41) is 7.51. The predicted molar refractivity (Wildman–Crippen MR) is 75.2 cm³/mol. The lowest BCUT2D eigenvalue weighted by atomic mass is 10.1. The molecule has 1 saturated carbocycles. The van der Waals surface area contributed by atoms with Gasteiger partial charge >= 0.3 is 0 Å². The summed E-state index contributed by atoms with van der Waals surface area (Å²) in [5.41, 5.74) is 3.16. The van der Waals surface area contributed by atoms with Crippen LogP contribution in [0.4, 0.5) is 5.82 Å².